The first-order valence-corrected chi connectivity index (χ1v) is 7.96. The third-order valence-electron chi connectivity index (χ3n) is 4.05. The largest absolute Gasteiger partial charge is 0.480 e. The Morgan fingerprint density at radius 2 is 2.09 bits per heavy atom. The first-order valence-electron chi connectivity index (χ1n) is 7.96. The lowest BCUT2D eigenvalue weighted by molar-refractivity contribution is -0.145. The van der Waals surface area contributed by atoms with E-state index < -0.39 is 12.0 Å². The molecule has 126 valence electrons. The Morgan fingerprint density at radius 1 is 1.27 bits per heavy atom. The molecule has 3 unspecified atom stereocenters. The van der Waals surface area contributed by atoms with Crippen molar-refractivity contribution in [3.63, 3.8) is 0 Å². The molecule has 0 aliphatic carbocycles. The van der Waals surface area contributed by atoms with E-state index in [4.69, 9.17) is 14.2 Å². The lowest BCUT2D eigenvalue weighted by Gasteiger charge is -2.28. The van der Waals surface area contributed by atoms with Gasteiger partial charge in [-0.15, -0.1) is 0 Å². The first-order chi connectivity index (χ1) is 10.7. The van der Waals surface area contributed by atoms with E-state index in [1.165, 1.54) is 0 Å². The quantitative estimate of drug-likeness (QED) is 0.636. The second-order valence-corrected chi connectivity index (χ2v) is 5.82. The van der Waals surface area contributed by atoms with Gasteiger partial charge in [0.05, 0.1) is 25.9 Å². The van der Waals surface area contributed by atoms with Crippen molar-refractivity contribution in [2.75, 3.05) is 33.0 Å². The number of nitrogens with one attached hydrogen (secondary N) is 1. The zero-order chi connectivity index (χ0) is 15.8. The smallest absolute Gasteiger partial charge is 0.326 e. The molecule has 1 amide bonds. The lowest BCUT2D eigenvalue weighted by atomic mass is 9.93. The third kappa shape index (κ3) is 5.55. The summed E-state index contributed by atoms with van der Waals surface area (Å²) in [4.78, 5) is 23.2. The van der Waals surface area contributed by atoms with E-state index in [0.717, 1.165) is 32.3 Å². The highest BCUT2D eigenvalue weighted by Gasteiger charge is 2.31. The van der Waals surface area contributed by atoms with Crippen LogP contribution in [0.1, 0.15) is 32.1 Å². The van der Waals surface area contributed by atoms with Crippen molar-refractivity contribution in [3.05, 3.63) is 0 Å². The molecule has 0 aromatic heterocycles. The van der Waals surface area contributed by atoms with E-state index >= 15 is 0 Å². The minimum atomic E-state index is -1.01. The van der Waals surface area contributed by atoms with Crippen molar-refractivity contribution in [1.82, 2.24) is 5.32 Å². The monoisotopic (exact) mass is 315 g/mol. The second kappa shape index (κ2) is 9.07. The molecule has 0 radical (unpaired) electrons. The maximum atomic E-state index is 11.9. The number of ether oxygens (including phenoxy) is 3. The van der Waals surface area contributed by atoms with Crippen LogP contribution in [0.4, 0.5) is 0 Å². The van der Waals surface area contributed by atoms with Crippen LogP contribution in [0.5, 0.6) is 0 Å². The van der Waals surface area contributed by atoms with Gasteiger partial charge in [0.15, 0.2) is 0 Å². The predicted molar refractivity (Wildman–Crippen MR) is 77.5 cm³/mol. The van der Waals surface area contributed by atoms with E-state index in [1.807, 2.05) is 0 Å². The van der Waals surface area contributed by atoms with Gasteiger partial charge in [0.2, 0.25) is 5.91 Å². The number of carbonyl (C=O) groups is 2. The van der Waals surface area contributed by atoms with Crippen LogP contribution in [-0.4, -0.2) is 62.2 Å². The van der Waals surface area contributed by atoms with Crippen LogP contribution < -0.4 is 5.32 Å². The summed E-state index contributed by atoms with van der Waals surface area (Å²) in [5, 5.41) is 11.9. The fourth-order valence-corrected chi connectivity index (χ4v) is 2.81. The van der Waals surface area contributed by atoms with Gasteiger partial charge in [0, 0.05) is 25.6 Å². The minimum Gasteiger partial charge on any atom is -0.480 e. The summed E-state index contributed by atoms with van der Waals surface area (Å²) in [7, 11) is 0. The fraction of sp³-hybridized carbons (Fsp3) is 0.867. The predicted octanol–water partition coefficient (Wildman–Crippen LogP) is 0.568. The Balaban J connectivity index is 1.65. The SMILES string of the molecule is O=C(CCOCC1CCCO1)NC(C(=O)O)C1CCCOC1. The molecule has 3 atom stereocenters. The third-order valence-corrected chi connectivity index (χ3v) is 4.05. The number of carboxylic acid groups (broad SMARTS) is 1. The summed E-state index contributed by atoms with van der Waals surface area (Å²) in [6, 6.07) is -0.883. The lowest BCUT2D eigenvalue weighted by Crippen LogP contribution is -2.48. The van der Waals surface area contributed by atoms with Gasteiger partial charge in [-0.05, 0) is 25.7 Å². The molecule has 2 rings (SSSR count). The molecule has 2 aliphatic heterocycles. The van der Waals surface area contributed by atoms with E-state index in [1.54, 1.807) is 0 Å². The molecule has 2 fully saturated rings. The highest BCUT2D eigenvalue weighted by atomic mass is 16.5. The van der Waals surface area contributed by atoms with Gasteiger partial charge in [-0.25, -0.2) is 4.79 Å². The average Bonchev–Trinajstić information content (AvgIpc) is 3.03. The van der Waals surface area contributed by atoms with Crippen LogP contribution >= 0.6 is 0 Å². The molecule has 7 nitrogen and oxygen atoms in total. The summed E-state index contributed by atoms with van der Waals surface area (Å²) in [5.41, 5.74) is 0. The number of carbonyl (C=O) groups excluding carboxylic acids is 1. The second-order valence-electron chi connectivity index (χ2n) is 5.82. The fourth-order valence-electron chi connectivity index (χ4n) is 2.81. The zero-order valence-corrected chi connectivity index (χ0v) is 12.8. The van der Waals surface area contributed by atoms with Crippen molar-refractivity contribution in [3.8, 4) is 0 Å². The molecule has 2 saturated heterocycles. The molecule has 2 aliphatic rings. The van der Waals surface area contributed by atoms with Crippen molar-refractivity contribution < 1.29 is 28.9 Å². The van der Waals surface area contributed by atoms with E-state index in [2.05, 4.69) is 5.32 Å². The Morgan fingerprint density at radius 3 is 2.73 bits per heavy atom. The van der Waals surface area contributed by atoms with Crippen LogP contribution in [0.2, 0.25) is 0 Å². The maximum Gasteiger partial charge on any atom is 0.326 e. The number of aliphatic carboxylic acids is 1. The minimum absolute atomic E-state index is 0.134. The van der Waals surface area contributed by atoms with Gasteiger partial charge in [-0.2, -0.15) is 0 Å². The number of carboxylic acids is 1. The van der Waals surface area contributed by atoms with Crippen LogP contribution in [0.15, 0.2) is 0 Å². The summed E-state index contributed by atoms with van der Waals surface area (Å²) in [5.74, 6) is -1.47. The first kappa shape index (κ1) is 17.2. The van der Waals surface area contributed by atoms with Gasteiger partial charge in [0.1, 0.15) is 6.04 Å². The topological polar surface area (TPSA) is 94.1 Å². The van der Waals surface area contributed by atoms with Gasteiger partial charge < -0.3 is 24.6 Å². The van der Waals surface area contributed by atoms with Crippen LogP contribution in [0, 0.1) is 5.92 Å². The number of hydrogen-bond acceptors (Lipinski definition) is 5. The number of amides is 1. The zero-order valence-electron chi connectivity index (χ0n) is 12.8. The molecule has 22 heavy (non-hydrogen) atoms. The molecule has 0 saturated carbocycles. The highest BCUT2D eigenvalue weighted by Crippen LogP contribution is 2.18. The van der Waals surface area contributed by atoms with Crippen molar-refractivity contribution in [2.45, 2.75) is 44.2 Å². The molecule has 0 bridgehead atoms. The summed E-state index contributed by atoms with van der Waals surface area (Å²) >= 11 is 0. The molecule has 2 heterocycles. The average molecular weight is 315 g/mol. The van der Waals surface area contributed by atoms with Gasteiger partial charge in [-0.1, -0.05) is 0 Å². The molecule has 0 aromatic rings. The molecule has 7 heteroatoms. The van der Waals surface area contributed by atoms with Gasteiger partial charge >= 0.3 is 5.97 Å². The Bertz CT molecular complexity index is 363. The molecule has 2 N–H and O–H groups in total. The normalized spacial score (nSPS) is 26.5. The van der Waals surface area contributed by atoms with E-state index in [-0.39, 0.29) is 31.0 Å². The Kier molecular flexibility index (Phi) is 7.08. The van der Waals surface area contributed by atoms with Crippen molar-refractivity contribution >= 4 is 11.9 Å². The molecule has 0 aromatic carbocycles. The molecular formula is C15H25NO6. The molecular weight excluding hydrogens is 290 g/mol. The Labute approximate surface area is 130 Å². The van der Waals surface area contributed by atoms with E-state index in [0.29, 0.717) is 19.8 Å². The van der Waals surface area contributed by atoms with Gasteiger partial charge in [0.25, 0.3) is 0 Å². The Hall–Kier alpha value is -1.18. The highest BCUT2D eigenvalue weighted by molar-refractivity contribution is 5.83. The van der Waals surface area contributed by atoms with Crippen molar-refractivity contribution in [1.29, 1.82) is 0 Å². The van der Waals surface area contributed by atoms with Crippen LogP contribution in [-0.2, 0) is 23.8 Å². The van der Waals surface area contributed by atoms with E-state index in [9.17, 15) is 14.7 Å². The molecule has 0 spiro atoms. The summed E-state index contributed by atoms with van der Waals surface area (Å²) < 4.78 is 16.1. The van der Waals surface area contributed by atoms with Gasteiger partial charge in [-0.3, -0.25) is 4.79 Å². The van der Waals surface area contributed by atoms with Crippen molar-refractivity contribution in [2.24, 2.45) is 5.92 Å². The number of hydrogen-bond donors (Lipinski definition) is 2. The summed E-state index contributed by atoms with van der Waals surface area (Å²) in [6.07, 6.45) is 3.92. The van der Waals surface area contributed by atoms with Crippen LogP contribution in [0.3, 0.4) is 0 Å². The standard InChI is InChI=1S/C15H25NO6/c17-13(5-8-21-10-12-4-2-7-22-12)16-14(15(18)19)11-3-1-6-20-9-11/h11-12,14H,1-10H2,(H,16,17)(H,18,19). The van der Waals surface area contributed by atoms with Crippen LogP contribution in [0.25, 0.3) is 0 Å². The maximum absolute atomic E-state index is 11.9. The number of rotatable bonds is 8. The summed E-state index contributed by atoms with van der Waals surface area (Å²) in [6.45, 7) is 2.59.